The number of rotatable bonds is 2. The molecule has 0 aliphatic heterocycles. The molecule has 4 N–H and O–H groups in total. The van der Waals surface area contributed by atoms with Gasteiger partial charge in [0.2, 0.25) is 0 Å². The van der Waals surface area contributed by atoms with Crippen molar-refractivity contribution in [3.8, 4) is 0 Å². The first-order chi connectivity index (χ1) is 6.74. The molecule has 0 bridgehead atoms. The topological polar surface area (TPSA) is 69.9 Å². The second-order valence-corrected chi connectivity index (χ2v) is 3.07. The van der Waals surface area contributed by atoms with Gasteiger partial charge in [-0.05, 0) is 12.1 Å². The number of nitrogen functional groups attached to an aromatic ring is 1. The van der Waals surface area contributed by atoms with Crippen LogP contribution in [0.4, 0.5) is 5.82 Å². The Balaban J connectivity index is 2.72. The molecule has 0 radical (unpaired) electrons. The molecule has 0 aliphatic carbocycles. The number of hydrogen-bond donors (Lipinski definition) is 2. The lowest BCUT2D eigenvalue weighted by Gasteiger charge is -2.07. The Morgan fingerprint density at radius 2 is 2.14 bits per heavy atom. The summed E-state index contributed by atoms with van der Waals surface area (Å²) in [5.41, 5.74) is 12.5. The molecule has 1 unspecified atom stereocenters. The minimum atomic E-state index is -0.336. The quantitative estimate of drug-likeness (QED) is 0.697. The van der Waals surface area contributed by atoms with Crippen LogP contribution in [0.25, 0.3) is 10.9 Å². The monoisotopic (exact) mass is 188 g/mol. The van der Waals surface area contributed by atoms with Gasteiger partial charge in [0.15, 0.2) is 5.82 Å². The number of nitrogens with zero attached hydrogens (tertiary/aromatic N) is 2. The summed E-state index contributed by atoms with van der Waals surface area (Å²) in [5.74, 6) is 0.498. The number of nitrogens with two attached hydrogens (primary N) is 2. The number of hydrogen-bond acceptors (Lipinski definition) is 3. The van der Waals surface area contributed by atoms with Crippen molar-refractivity contribution in [3.05, 3.63) is 36.9 Å². The predicted molar refractivity (Wildman–Crippen MR) is 57.6 cm³/mol. The summed E-state index contributed by atoms with van der Waals surface area (Å²) < 4.78 is 1.66. The van der Waals surface area contributed by atoms with E-state index in [-0.39, 0.29) is 6.17 Å². The summed E-state index contributed by atoms with van der Waals surface area (Å²) in [6.45, 7) is 3.63. The molecule has 1 atom stereocenters. The maximum absolute atomic E-state index is 5.80. The molecule has 72 valence electrons. The molecule has 2 aromatic rings. The molecular formula is C10H12N4. The summed E-state index contributed by atoms with van der Waals surface area (Å²) in [6.07, 6.45) is 1.29. The van der Waals surface area contributed by atoms with Crippen LogP contribution in [0.15, 0.2) is 36.9 Å². The maximum atomic E-state index is 5.80. The number of aromatic nitrogens is 2. The van der Waals surface area contributed by atoms with Crippen LogP contribution in [0.1, 0.15) is 6.17 Å². The van der Waals surface area contributed by atoms with Gasteiger partial charge in [-0.3, -0.25) is 0 Å². The largest absolute Gasteiger partial charge is 0.382 e. The van der Waals surface area contributed by atoms with E-state index in [4.69, 9.17) is 11.5 Å². The fraction of sp³-hybridized carbons (Fsp3) is 0.100. The van der Waals surface area contributed by atoms with Gasteiger partial charge in [0.1, 0.15) is 6.17 Å². The van der Waals surface area contributed by atoms with Crippen LogP contribution in [0.2, 0.25) is 0 Å². The SMILES string of the molecule is C=CC(N)n1nc(N)c2ccccc21. The van der Waals surface area contributed by atoms with Gasteiger partial charge in [-0.2, -0.15) is 5.10 Å². The van der Waals surface area contributed by atoms with Crippen LogP contribution in [0, 0.1) is 0 Å². The highest BCUT2D eigenvalue weighted by Gasteiger charge is 2.09. The molecule has 4 nitrogen and oxygen atoms in total. The Morgan fingerprint density at radius 3 is 2.86 bits per heavy atom. The van der Waals surface area contributed by atoms with Crippen molar-refractivity contribution in [2.24, 2.45) is 5.73 Å². The minimum Gasteiger partial charge on any atom is -0.382 e. The van der Waals surface area contributed by atoms with Gasteiger partial charge < -0.3 is 11.5 Å². The van der Waals surface area contributed by atoms with E-state index in [1.165, 1.54) is 0 Å². The zero-order chi connectivity index (χ0) is 10.1. The van der Waals surface area contributed by atoms with E-state index in [0.29, 0.717) is 5.82 Å². The van der Waals surface area contributed by atoms with Crippen LogP contribution in [-0.2, 0) is 0 Å². The first-order valence-corrected chi connectivity index (χ1v) is 4.35. The van der Waals surface area contributed by atoms with Crippen molar-refractivity contribution in [3.63, 3.8) is 0 Å². The lowest BCUT2D eigenvalue weighted by molar-refractivity contribution is 0.580. The van der Waals surface area contributed by atoms with Gasteiger partial charge in [0.05, 0.1) is 5.52 Å². The Morgan fingerprint density at radius 1 is 1.43 bits per heavy atom. The van der Waals surface area contributed by atoms with Crippen molar-refractivity contribution in [2.75, 3.05) is 5.73 Å². The van der Waals surface area contributed by atoms with Crippen LogP contribution in [0.3, 0.4) is 0 Å². The average Bonchev–Trinajstić information content (AvgIpc) is 2.56. The molecule has 1 aromatic carbocycles. The van der Waals surface area contributed by atoms with Crippen LogP contribution >= 0.6 is 0 Å². The minimum absolute atomic E-state index is 0.336. The van der Waals surface area contributed by atoms with Crippen LogP contribution < -0.4 is 11.5 Å². The fourth-order valence-corrected chi connectivity index (χ4v) is 1.44. The third kappa shape index (κ3) is 1.16. The summed E-state index contributed by atoms with van der Waals surface area (Å²) in [6, 6.07) is 7.70. The van der Waals surface area contributed by atoms with Crippen molar-refractivity contribution in [2.45, 2.75) is 6.17 Å². The molecule has 0 saturated carbocycles. The molecule has 2 rings (SSSR count). The molecule has 0 saturated heterocycles. The van der Waals surface area contributed by atoms with E-state index < -0.39 is 0 Å². The Kier molecular flexibility index (Phi) is 1.98. The normalized spacial score (nSPS) is 12.9. The van der Waals surface area contributed by atoms with E-state index in [2.05, 4.69) is 11.7 Å². The standard InChI is InChI=1S/C10H12N4/c1-2-9(11)14-8-6-4-3-5-7(8)10(12)13-14/h2-6,9H,1,11H2,(H2,12,13). The lowest BCUT2D eigenvalue weighted by Crippen LogP contribution is -2.17. The zero-order valence-electron chi connectivity index (χ0n) is 7.72. The molecule has 0 fully saturated rings. The number of para-hydroxylation sites is 1. The van der Waals surface area contributed by atoms with Crippen molar-refractivity contribution in [1.82, 2.24) is 9.78 Å². The summed E-state index contributed by atoms with van der Waals surface area (Å²) >= 11 is 0. The highest BCUT2D eigenvalue weighted by atomic mass is 15.3. The van der Waals surface area contributed by atoms with Crippen molar-refractivity contribution >= 4 is 16.7 Å². The number of anilines is 1. The Labute approximate surface area is 81.8 Å². The van der Waals surface area contributed by atoms with Gasteiger partial charge >= 0.3 is 0 Å². The highest BCUT2D eigenvalue weighted by molar-refractivity contribution is 5.89. The molecule has 14 heavy (non-hydrogen) atoms. The number of benzene rings is 1. The smallest absolute Gasteiger partial charge is 0.153 e. The second-order valence-electron chi connectivity index (χ2n) is 3.07. The Hall–Kier alpha value is -1.81. The van der Waals surface area contributed by atoms with E-state index in [1.54, 1.807) is 10.8 Å². The van der Waals surface area contributed by atoms with E-state index in [9.17, 15) is 0 Å². The molecule has 1 aromatic heterocycles. The lowest BCUT2D eigenvalue weighted by atomic mass is 10.2. The molecule has 0 amide bonds. The van der Waals surface area contributed by atoms with Crippen LogP contribution in [0.5, 0.6) is 0 Å². The van der Waals surface area contributed by atoms with Crippen LogP contribution in [-0.4, -0.2) is 9.78 Å². The maximum Gasteiger partial charge on any atom is 0.153 e. The summed E-state index contributed by atoms with van der Waals surface area (Å²) in [4.78, 5) is 0. The first kappa shape index (κ1) is 8.77. The average molecular weight is 188 g/mol. The summed E-state index contributed by atoms with van der Waals surface area (Å²) in [7, 11) is 0. The second kappa shape index (κ2) is 3.16. The van der Waals surface area contributed by atoms with Gasteiger partial charge in [0.25, 0.3) is 0 Å². The molecule has 1 heterocycles. The highest BCUT2D eigenvalue weighted by Crippen LogP contribution is 2.21. The number of fused-ring (bicyclic) bond motifs is 1. The third-order valence-electron chi connectivity index (χ3n) is 2.17. The third-order valence-corrected chi connectivity index (χ3v) is 2.17. The van der Waals surface area contributed by atoms with Gasteiger partial charge in [0, 0.05) is 5.39 Å². The molecular weight excluding hydrogens is 176 g/mol. The van der Waals surface area contributed by atoms with E-state index in [1.807, 2.05) is 24.3 Å². The summed E-state index contributed by atoms with van der Waals surface area (Å²) in [5, 5.41) is 5.08. The predicted octanol–water partition coefficient (Wildman–Crippen LogP) is 1.26. The zero-order valence-corrected chi connectivity index (χ0v) is 7.72. The van der Waals surface area contributed by atoms with Gasteiger partial charge in [-0.25, -0.2) is 4.68 Å². The first-order valence-electron chi connectivity index (χ1n) is 4.35. The van der Waals surface area contributed by atoms with E-state index in [0.717, 1.165) is 10.9 Å². The fourth-order valence-electron chi connectivity index (χ4n) is 1.44. The van der Waals surface area contributed by atoms with Gasteiger partial charge in [-0.15, -0.1) is 0 Å². The van der Waals surface area contributed by atoms with Crippen molar-refractivity contribution in [1.29, 1.82) is 0 Å². The molecule has 0 spiro atoms. The molecule has 0 aliphatic rings. The van der Waals surface area contributed by atoms with Crippen molar-refractivity contribution < 1.29 is 0 Å². The Bertz CT molecular complexity index is 472. The molecule has 4 heteroatoms. The van der Waals surface area contributed by atoms with E-state index >= 15 is 0 Å². The van der Waals surface area contributed by atoms with Gasteiger partial charge in [-0.1, -0.05) is 24.8 Å².